The van der Waals surface area contributed by atoms with Crippen LogP contribution in [0.15, 0.2) is 35.4 Å². The first kappa shape index (κ1) is 13.3. The molecule has 0 aliphatic carbocycles. The number of ether oxygens (including phenoxy) is 1. The van der Waals surface area contributed by atoms with Gasteiger partial charge in [0.2, 0.25) is 5.91 Å². The van der Waals surface area contributed by atoms with Crippen molar-refractivity contribution in [1.29, 1.82) is 0 Å². The van der Waals surface area contributed by atoms with Gasteiger partial charge in [-0.15, -0.1) is 0 Å². The van der Waals surface area contributed by atoms with Crippen molar-refractivity contribution in [3.8, 4) is 0 Å². The lowest BCUT2D eigenvalue weighted by Crippen LogP contribution is -2.41. The summed E-state index contributed by atoms with van der Waals surface area (Å²) in [5.74, 6) is 0.160. The Balaban J connectivity index is 1.97. The molecule has 0 radical (unpaired) electrons. The van der Waals surface area contributed by atoms with Gasteiger partial charge in [-0.1, -0.05) is 30.3 Å². The molecule has 0 N–H and O–H groups in total. The molecule has 1 aromatic carbocycles. The van der Waals surface area contributed by atoms with Gasteiger partial charge in [0.05, 0.1) is 18.2 Å². The van der Waals surface area contributed by atoms with Gasteiger partial charge in [-0.25, -0.2) is 5.01 Å². The van der Waals surface area contributed by atoms with Crippen LogP contribution in [0.2, 0.25) is 0 Å². The van der Waals surface area contributed by atoms with Gasteiger partial charge in [0.15, 0.2) is 0 Å². The molecule has 0 bridgehead atoms. The molecule has 2 unspecified atom stereocenters. The minimum Gasteiger partial charge on any atom is -0.374 e. The predicted molar refractivity (Wildman–Crippen MR) is 77.3 cm³/mol. The largest absolute Gasteiger partial charge is 0.374 e. The topological polar surface area (TPSA) is 41.9 Å². The maximum Gasteiger partial charge on any atom is 0.240 e. The first-order valence-corrected chi connectivity index (χ1v) is 7.04. The lowest BCUT2D eigenvalue weighted by atomic mass is 9.83. The SMILES string of the molecule is CC(=O)N1N=C2CC(C)(C)OCC2C1c1ccccc1. The van der Waals surface area contributed by atoms with Crippen LogP contribution in [-0.4, -0.2) is 28.8 Å². The molecule has 4 heteroatoms. The molecule has 2 aliphatic rings. The van der Waals surface area contributed by atoms with E-state index in [2.05, 4.69) is 31.1 Å². The molecular weight excluding hydrogens is 252 g/mol. The van der Waals surface area contributed by atoms with Crippen molar-refractivity contribution in [3.63, 3.8) is 0 Å². The van der Waals surface area contributed by atoms with E-state index in [0.29, 0.717) is 6.61 Å². The average molecular weight is 272 g/mol. The third-order valence-corrected chi connectivity index (χ3v) is 4.03. The molecule has 1 amide bonds. The molecule has 0 aromatic heterocycles. The summed E-state index contributed by atoms with van der Waals surface area (Å²) in [7, 11) is 0. The highest BCUT2D eigenvalue weighted by Gasteiger charge is 2.45. The monoisotopic (exact) mass is 272 g/mol. The van der Waals surface area contributed by atoms with Crippen LogP contribution < -0.4 is 0 Å². The van der Waals surface area contributed by atoms with E-state index < -0.39 is 0 Å². The number of carbonyl (C=O) groups excluding carboxylic acids is 1. The number of nitrogens with zero attached hydrogens (tertiary/aromatic N) is 2. The Labute approximate surface area is 119 Å². The van der Waals surface area contributed by atoms with E-state index in [9.17, 15) is 4.79 Å². The van der Waals surface area contributed by atoms with Crippen LogP contribution >= 0.6 is 0 Å². The van der Waals surface area contributed by atoms with Gasteiger partial charge in [0, 0.05) is 25.0 Å². The number of hydrogen-bond donors (Lipinski definition) is 0. The minimum atomic E-state index is -0.191. The molecule has 0 spiro atoms. The smallest absolute Gasteiger partial charge is 0.240 e. The summed E-state index contributed by atoms with van der Waals surface area (Å²) in [6.45, 7) is 6.33. The summed E-state index contributed by atoms with van der Waals surface area (Å²) >= 11 is 0. The van der Waals surface area contributed by atoms with Gasteiger partial charge in [0.1, 0.15) is 0 Å². The van der Waals surface area contributed by atoms with Crippen LogP contribution in [0.4, 0.5) is 0 Å². The van der Waals surface area contributed by atoms with Crippen molar-refractivity contribution in [1.82, 2.24) is 5.01 Å². The molecular formula is C16H20N2O2. The van der Waals surface area contributed by atoms with Gasteiger partial charge < -0.3 is 4.74 Å². The third-order valence-electron chi connectivity index (χ3n) is 4.03. The zero-order valence-electron chi connectivity index (χ0n) is 12.2. The maximum atomic E-state index is 11.9. The van der Waals surface area contributed by atoms with Gasteiger partial charge in [0.25, 0.3) is 0 Å². The highest BCUT2D eigenvalue weighted by atomic mass is 16.5. The Morgan fingerprint density at radius 3 is 2.70 bits per heavy atom. The van der Waals surface area contributed by atoms with E-state index in [1.807, 2.05) is 18.2 Å². The molecule has 2 atom stereocenters. The summed E-state index contributed by atoms with van der Waals surface area (Å²) in [6, 6.07) is 10.1. The van der Waals surface area contributed by atoms with Crippen molar-refractivity contribution in [2.45, 2.75) is 38.8 Å². The van der Waals surface area contributed by atoms with Gasteiger partial charge >= 0.3 is 0 Å². The van der Waals surface area contributed by atoms with Crippen LogP contribution in [0.25, 0.3) is 0 Å². The van der Waals surface area contributed by atoms with Crippen molar-refractivity contribution in [2.24, 2.45) is 11.0 Å². The molecule has 20 heavy (non-hydrogen) atoms. The molecule has 3 rings (SSSR count). The summed E-state index contributed by atoms with van der Waals surface area (Å²) in [4.78, 5) is 11.9. The molecule has 1 saturated heterocycles. The first-order chi connectivity index (χ1) is 9.48. The Bertz CT molecular complexity index is 551. The molecule has 0 saturated carbocycles. The summed E-state index contributed by atoms with van der Waals surface area (Å²) in [5, 5.41) is 6.21. The number of hydrogen-bond acceptors (Lipinski definition) is 3. The van der Waals surface area contributed by atoms with Crippen molar-refractivity contribution in [3.05, 3.63) is 35.9 Å². The second-order valence-electron chi connectivity index (χ2n) is 6.16. The van der Waals surface area contributed by atoms with Crippen molar-refractivity contribution in [2.75, 3.05) is 6.61 Å². The second-order valence-corrected chi connectivity index (χ2v) is 6.16. The standard InChI is InChI=1S/C16H20N2O2/c1-11(19)18-15(12-7-5-4-6-8-12)13-10-20-16(2,3)9-14(13)17-18/h4-8,13,15H,9-10H2,1-3H3. The van der Waals surface area contributed by atoms with Crippen molar-refractivity contribution >= 4 is 11.6 Å². The van der Waals surface area contributed by atoms with E-state index in [1.165, 1.54) is 0 Å². The van der Waals surface area contributed by atoms with E-state index >= 15 is 0 Å². The fourth-order valence-electron chi connectivity index (χ4n) is 3.07. The lowest BCUT2D eigenvalue weighted by molar-refractivity contribution is -0.131. The molecule has 2 heterocycles. The Kier molecular flexibility index (Phi) is 3.13. The predicted octanol–water partition coefficient (Wildman–Crippen LogP) is 2.76. The third kappa shape index (κ3) is 2.24. The maximum absolute atomic E-state index is 11.9. The van der Waals surface area contributed by atoms with Crippen LogP contribution in [0.1, 0.15) is 38.8 Å². The summed E-state index contributed by atoms with van der Waals surface area (Å²) in [6.07, 6.45) is 0.783. The second kappa shape index (κ2) is 4.70. The first-order valence-electron chi connectivity index (χ1n) is 7.04. The van der Waals surface area contributed by atoms with Crippen LogP contribution in [0.5, 0.6) is 0 Å². The highest BCUT2D eigenvalue weighted by Crippen LogP contribution is 2.41. The van der Waals surface area contributed by atoms with Crippen molar-refractivity contribution < 1.29 is 9.53 Å². The number of benzene rings is 1. The van der Waals surface area contributed by atoms with Gasteiger partial charge in [-0.3, -0.25) is 4.79 Å². The Morgan fingerprint density at radius 2 is 2.05 bits per heavy atom. The Hall–Kier alpha value is -1.68. The lowest BCUT2D eigenvalue weighted by Gasteiger charge is -2.35. The molecule has 1 fully saturated rings. The number of rotatable bonds is 1. The zero-order chi connectivity index (χ0) is 14.3. The molecule has 1 aromatic rings. The van der Waals surface area contributed by atoms with E-state index in [0.717, 1.165) is 17.7 Å². The number of fused-ring (bicyclic) bond motifs is 1. The number of amides is 1. The normalized spacial score (nSPS) is 27.9. The molecule has 106 valence electrons. The van der Waals surface area contributed by atoms with E-state index in [4.69, 9.17) is 4.74 Å². The quantitative estimate of drug-likeness (QED) is 0.789. The van der Waals surface area contributed by atoms with Gasteiger partial charge in [-0.2, -0.15) is 5.10 Å². The molecule has 2 aliphatic heterocycles. The van der Waals surface area contributed by atoms with Crippen LogP contribution in [0.3, 0.4) is 0 Å². The fraction of sp³-hybridized carbons (Fsp3) is 0.500. The highest BCUT2D eigenvalue weighted by molar-refractivity contribution is 5.93. The van der Waals surface area contributed by atoms with E-state index in [-0.39, 0.29) is 23.5 Å². The minimum absolute atomic E-state index is 0.0152. The van der Waals surface area contributed by atoms with Crippen LogP contribution in [-0.2, 0) is 9.53 Å². The fourth-order valence-corrected chi connectivity index (χ4v) is 3.07. The van der Waals surface area contributed by atoms with Crippen LogP contribution in [0, 0.1) is 5.92 Å². The molecule has 4 nitrogen and oxygen atoms in total. The number of hydrazone groups is 1. The zero-order valence-corrected chi connectivity index (χ0v) is 12.2. The summed E-state index contributed by atoms with van der Waals surface area (Å²) < 4.78 is 5.94. The Morgan fingerprint density at radius 1 is 1.35 bits per heavy atom. The number of carbonyl (C=O) groups is 1. The summed E-state index contributed by atoms with van der Waals surface area (Å²) in [5.41, 5.74) is 2.02. The van der Waals surface area contributed by atoms with Gasteiger partial charge in [-0.05, 0) is 19.4 Å². The average Bonchev–Trinajstić information content (AvgIpc) is 2.77. The van der Waals surface area contributed by atoms with E-state index in [1.54, 1.807) is 11.9 Å².